The largest absolute Gasteiger partial charge is 0.307 e. The molecule has 1 aromatic carbocycles. The van der Waals surface area contributed by atoms with Gasteiger partial charge in [-0.3, -0.25) is 4.79 Å². The first kappa shape index (κ1) is 14.4. The third kappa shape index (κ3) is 2.24. The van der Waals surface area contributed by atoms with Crippen molar-refractivity contribution < 1.29 is 4.79 Å². The Kier molecular flexibility index (Phi) is 3.22. The lowest BCUT2D eigenvalue weighted by Crippen LogP contribution is -2.29. The van der Waals surface area contributed by atoms with Crippen LogP contribution in [0.2, 0.25) is 0 Å². The molecule has 2 aliphatic rings. The Morgan fingerprint density at radius 3 is 2.70 bits per heavy atom. The van der Waals surface area contributed by atoms with Crippen molar-refractivity contribution in [3.63, 3.8) is 0 Å². The second kappa shape index (κ2) is 5.15. The van der Waals surface area contributed by atoms with Gasteiger partial charge in [-0.25, -0.2) is 9.97 Å². The molecule has 0 radical (unpaired) electrons. The zero-order valence-corrected chi connectivity index (χ0v) is 13.8. The van der Waals surface area contributed by atoms with Crippen LogP contribution in [-0.2, 0) is 12.8 Å². The van der Waals surface area contributed by atoms with Gasteiger partial charge in [0, 0.05) is 18.2 Å². The topological polar surface area (TPSA) is 46.1 Å². The lowest BCUT2D eigenvalue weighted by molar-refractivity contribution is 0.0951. The van der Waals surface area contributed by atoms with Gasteiger partial charge in [0.15, 0.2) is 5.78 Å². The number of carbonyl (C=O) groups excluding carboxylic acids is 1. The number of benzene rings is 1. The molecule has 4 nitrogen and oxygen atoms in total. The van der Waals surface area contributed by atoms with Crippen LogP contribution >= 0.6 is 0 Å². The lowest BCUT2D eigenvalue weighted by atomic mass is 9.86. The Hall–Kier alpha value is -2.23. The summed E-state index contributed by atoms with van der Waals surface area (Å²) in [7, 11) is 0. The van der Waals surface area contributed by atoms with Crippen LogP contribution in [0.1, 0.15) is 47.6 Å². The summed E-state index contributed by atoms with van der Waals surface area (Å²) in [6, 6.07) is 8.77. The fraction of sp³-hybridized carbons (Fsp3) is 0.421. The molecule has 1 aliphatic carbocycles. The van der Waals surface area contributed by atoms with Gasteiger partial charge >= 0.3 is 0 Å². The average Bonchev–Trinajstić information content (AvgIpc) is 2.81. The molecule has 0 saturated heterocycles. The molecule has 4 heteroatoms. The van der Waals surface area contributed by atoms with Crippen LogP contribution in [0, 0.1) is 12.8 Å². The second-order valence-corrected chi connectivity index (χ2v) is 6.92. The summed E-state index contributed by atoms with van der Waals surface area (Å²) in [4.78, 5) is 24.0. The normalized spacial score (nSPS) is 22.9. The van der Waals surface area contributed by atoms with Gasteiger partial charge in [0.2, 0.25) is 5.95 Å². The molecule has 0 unspecified atom stereocenters. The Morgan fingerprint density at radius 1 is 1.09 bits per heavy atom. The van der Waals surface area contributed by atoms with Crippen molar-refractivity contribution in [1.29, 1.82) is 0 Å². The number of nitrogens with zero attached hydrogens (tertiary/aromatic N) is 3. The van der Waals surface area contributed by atoms with Gasteiger partial charge in [-0.2, -0.15) is 0 Å². The minimum atomic E-state index is 0.192. The van der Waals surface area contributed by atoms with E-state index in [0.717, 1.165) is 35.7 Å². The number of ketones is 1. The molecule has 0 bridgehead atoms. The van der Waals surface area contributed by atoms with Gasteiger partial charge in [-0.05, 0) is 44.2 Å². The molecule has 2 atom stereocenters. The lowest BCUT2D eigenvalue weighted by Gasteiger charge is -2.26. The Bertz CT molecular complexity index is 799. The van der Waals surface area contributed by atoms with Crippen LogP contribution in [0.15, 0.2) is 24.3 Å². The van der Waals surface area contributed by atoms with Gasteiger partial charge in [-0.15, -0.1) is 0 Å². The van der Waals surface area contributed by atoms with Crippen molar-refractivity contribution in [3.05, 3.63) is 46.8 Å². The first-order valence-electron chi connectivity index (χ1n) is 8.32. The van der Waals surface area contributed by atoms with E-state index in [0.29, 0.717) is 18.4 Å². The van der Waals surface area contributed by atoms with Crippen molar-refractivity contribution in [2.75, 3.05) is 4.90 Å². The molecule has 2 heterocycles. The number of anilines is 2. The molecule has 118 valence electrons. The van der Waals surface area contributed by atoms with E-state index < -0.39 is 0 Å². The summed E-state index contributed by atoms with van der Waals surface area (Å²) in [5, 5.41) is 0. The number of aromatic nitrogens is 2. The smallest absolute Gasteiger partial charge is 0.230 e. The van der Waals surface area contributed by atoms with E-state index in [2.05, 4.69) is 48.0 Å². The number of hydrogen-bond acceptors (Lipinski definition) is 4. The van der Waals surface area contributed by atoms with Crippen LogP contribution < -0.4 is 4.90 Å². The van der Waals surface area contributed by atoms with Gasteiger partial charge in [0.1, 0.15) is 0 Å². The van der Waals surface area contributed by atoms with Crippen LogP contribution in [0.4, 0.5) is 11.6 Å². The molecule has 1 aromatic heterocycles. The first-order valence-corrected chi connectivity index (χ1v) is 8.32. The second-order valence-electron chi connectivity index (χ2n) is 6.92. The highest BCUT2D eigenvalue weighted by Gasteiger charge is 2.32. The number of Topliss-reactive ketones (excluding diaryl/α,β-unsaturated/α-hetero) is 1. The highest BCUT2D eigenvalue weighted by molar-refractivity contribution is 5.99. The monoisotopic (exact) mass is 307 g/mol. The van der Waals surface area contributed by atoms with Crippen molar-refractivity contribution in [1.82, 2.24) is 9.97 Å². The summed E-state index contributed by atoms with van der Waals surface area (Å²) in [5.74, 6) is 1.29. The van der Waals surface area contributed by atoms with E-state index in [1.165, 1.54) is 11.3 Å². The van der Waals surface area contributed by atoms with Crippen molar-refractivity contribution in [2.24, 2.45) is 5.92 Å². The SMILES string of the molecule is Cc1nc(N2c3ccccc3C[C@@H]2C)nc2c1C(=O)C[C@H](C)C2. The van der Waals surface area contributed by atoms with E-state index in [1.54, 1.807) is 0 Å². The number of carbonyl (C=O) groups is 1. The van der Waals surface area contributed by atoms with Crippen LogP contribution in [0.5, 0.6) is 0 Å². The summed E-state index contributed by atoms with van der Waals surface area (Å²) in [5.41, 5.74) is 5.02. The standard InChI is InChI=1S/C19H21N3O/c1-11-8-15-18(17(23)9-11)13(3)20-19(21-15)22-12(2)10-14-6-4-5-7-16(14)22/h4-7,11-12H,8-10H2,1-3H3/t11-,12+/m1/s1. The number of para-hydroxylation sites is 1. The number of fused-ring (bicyclic) bond motifs is 2. The minimum Gasteiger partial charge on any atom is -0.307 e. The van der Waals surface area contributed by atoms with E-state index >= 15 is 0 Å². The fourth-order valence-electron chi connectivity index (χ4n) is 3.93. The summed E-state index contributed by atoms with van der Waals surface area (Å²) >= 11 is 0. The molecule has 0 spiro atoms. The van der Waals surface area contributed by atoms with E-state index in [9.17, 15) is 4.79 Å². The number of hydrogen-bond donors (Lipinski definition) is 0. The molecule has 1 aliphatic heterocycles. The molecule has 0 amide bonds. The predicted octanol–water partition coefficient (Wildman–Crippen LogP) is 3.63. The van der Waals surface area contributed by atoms with Gasteiger partial charge in [0.25, 0.3) is 0 Å². The molecule has 0 fully saturated rings. The Labute approximate surface area is 136 Å². The third-order valence-corrected chi connectivity index (χ3v) is 4.93. The maximum Gasteiger partial charge on any atom is 0.230 e. The van der Waals surface area contributed by atoms with Crippen molar-refractivity contribution >= 4 is 17.4 Å². The van der Waals surface area contributed by atoms with Gasteiger partial charge in [-0.1, -0.05) is 25.1 Å². The van der Waals surface area contributed by atoms with Crippen LogP contribution in [0.3, 0.4) is 0 Å². The highest BCUT2D eigenvalue weighted by atomic mass is 16.1. The average molecular weight is 307 g/mol. The Morgan fingerprint density at radius 2 is 1.87 bits per heavy atom. The summed E-state index contributed by atoms with van der Waals surface area (Å²) < 4.78 is 0. The van der Waals surface area contributed by atoms with Crippen molar-refractivity contribution in [2.45, 2.75) is 46.1 Å². The predicted molar refractivity (Wildman–Crippen MR) is 90.3 cm³/mol. The first-order chi connectivity index (χ1) is 11.0. The summed E-state index contributed by atoms with van der Waals surface area (Å²) in [6.45, 7) is 6.25. The van der Waals surface area contributed by atoms with Crippen molar-refractivity contribution in [3.8, 4) is 0 Å². The number of rotatable bonds is 1. The van der Waals surface area contributed by atoms with Gasteiger partial charge < -0.3 is 4.90 Å². The minimum absolute atomic E-state index is 0.192. The quantitative estimate of drug-likeness (QED) is 0.807. The highest BCUT2D eigenvalue weighted by Crippen LogP contribution is 2.37. The molecule has 0 saturated carbocycles. The maximum absolute atomic E-state index is 12.3. The maximum atomic E-state index is 12.3. The summed E-state index contributed by atoms with van der Waals surface area (Å²) in [6.07, 6.45) is 2.48. The van der Waals surface area contributed by atoms with Crippen LogP contribution in [0.25, 0.3) is 0 Å². The fourth-order valence-corrected chi connectivity index (χ4v) is 3.93. The zero-order chi connectivity index (χ0) is 16.1. The molecule has 23 heavy (non-hydrogen) atoms. The van der Waals surface area contributed by atoms with Crippen LogP contribution in [-0.4, -0.2) is 21.8 Å². The molecule has 0 N–H and O–H groups in total. The molecular formula is C19H21N3O. The number of aryl methyl sites for hydroxylation is 1. The van der Waals surface area contributed by atoms with E-state index in [4.69, 9.17) is 4.98 Å². The van der Waals surface area contributed by atoms with E-state index in [-0.39, 0.29) is 5.78 Å². The molecule has 2 aromatic rings. The van der Waals surface area contributed by atoms with E-state index in [1.807, 2.05) is 6.92 Å². The Balaban J connectivity index is 1.84. The van der Waals surface area contributed by atoms with Gasteiger partial charge in [0.05, 0.1) is 17.0 Å². The molecular weight excluding hydrogens is 286 g/mol. The third-order valence-electron chi connectivity index (χ3n) is 4.93. The zero-order valence-electron chi connectivity index (χ0n) is 13.8. The molecule has 4 rings (SSSR count).